The summed E-state index contributed by atoms with van der Waals surface area (Å²) >= 11 is 65.8. The first-order chi connectivity index (χ1) is 63.8. The number of amides is 5. The van der Waals surface area contributed by atoms with Crippen molar-refractivity contribution in [2.75, 3.05) is 67.8 Å². The number of aliphatic hydroxyl groups excluding tert-OH is 2. The predicted octanol–water partition coefficient (Wildman–Crippen LogP) is 17.1. The number of carboxylic acid groups (broad SMARTS) is 1. The number of thiophene rings is 4. The van der Waals surface area contributed by atoms with Crippen LogP contribution in [0.2, 0.25) is 50.2 Å². The molecule has 5 aliphatic rings. The fourth-order valence-corrected chi connectivity index (χ4v) is 22.6. The number of allylic oxidation sites excluding steroid dienone is 1. The normalized spacial score (nSPS) is 16.3. The summed E-state index contributed by atoms with van der Waals surface area (Å²) in [5.41, 5.74) is 5.07. The summed E-state index contributed by atoms with van der Waals surface area (Å²) in [4.78, 5) is 132. The molecule has 5 amide bonds. The number of methoxy groups -OCH3 is 3. The monoisotopic (exact) mass is 2190 g/mol. The molecule has 22 nitrogen and oxygen atoms in total. The van der Waals surface area contributed by atoms with Gasteiger partial charge >= 0.3 is 42.7 Å². The number of ether oxygens (including phenoxy) is 3. The standard InChI is InChI=1S/C21H23Cl2NO3S.C21H21Cl2NO3S.C20H21Cl2NO3S.C13H15Cl2NO2.C13H13Cl2NO2.C9H12O2S.CH4O.BrH.Li.H2O/c2*1-27-21(26)19-7-6-18(28-19)4-2-3-17-5-8-20(25)24(17)10-9-14-11-15(22)13-16(23)12-14;21-14-10-13(11-15(22)12-14)8-9-23-16(4-7-19(23)24)2-1-3-17-5-6-18(27-17)20(25)26;2*14-10-5-9(6-11(15)7-10)3-4-16-12(8-17)1-2-13(16)18;1-3-4-7-5-6-8(12-7)9(10)11-2;1-2;;;/h6-7,11-13,17H,2-5,8-10H2,1H3;2-3,6-7,11-13,17H,4-5,8-10H2,1H3;5-6,10-12,16H,1-4,7-9H2,(H,25,26);5-7,12,17H,1-4,8H2;5-8,12H,1-4H2;5-6H,3-4H2,1-2H3;2H,1H3;1H;;1H2/q;;;;;;;;+1;/p-2/t2*17-;16-;2*12-;;;;;/m00011...../s1. The van der Waals surface area contributed by atoms with Crippen LogP contribution in [-0.2, 0) is 101 Å². The first kappa shape index (κ1) is 120. The minimum Gasteiger partial charge on any atom is -1.00 e. The first-order valence-electron chi connectivity index (χ1n) is 43.5. The number of hydrogen-bond donors (Lipinski definition) is 3. The molecule has 0 spiro atoms. The molecule has 136 heavy (non-hydrogen) atoms. The minimum absolute atomic E-state index is 0. The molecule has 5 atom stereocenters. The summed E-state index contributed by atoms with van der Waals surface area (Å²) in [6.45, 7) is 5.27. The zero-order valence-electron chi connectivity index (χ0n) is 76.2. The molecule has 9 heterocycles. The Bertz CT molecular complexity index is 5330. The Hall–Kier alpha value is -6.60. The van der Waals surface area contributed by atoms with E-state index < -0.39 is 5.97 Å². The van der Waals surface area contributed by atoms with E-state index in [0.717, 1.165) is 147 Å². The molecule has 0 unspecified atom stereocenters. The van der Waals surface area contributed by atoms with Gasteiger partial charge in [-0.3, -0.25) is 24.0 Å². The van der Waals surface area contributed by atoms with Gasteiger partial charge in [0, 0.05) is 154 Å². The average molecular weight is 2200 g/mol. The molecule has 9 aromatic rings. The summed E-state index contributed by atoms with van der Waals surface area (Å²) in [5, 5.41) is 31.2. The number of rotatable bonds is 34. The number of hydrogen-bond acceptors (Lipinski definition) is 20. The van der Waals surface area contributed by atoms with Gasteiger partial charge in [0.25, 0.3) is 0 Å². The van der Waals surface area contributed by atoms with E-state index in [9.17, 15) is 53.1 Å². The van der Waals surface area contributed by atoms with Gasteiger partial charge in [0.15, 0.2) is 0 Å². The second-order valence-corrected chi connectivity index (χ2v) is 40.7. The van der Waals surface area contributed by atoms with Crippen molar-refractivity contribution < 1.29 is 119 Å². The number of esters is 3. The molecule has 732 valence electrons. The summed E-state index contributed by atoms with van der Waals surface area (Å²) in [6.07, 6.45) is 23.8. The third-order valence-electron chi connectivity index (χ3n) is 22.4. The van der Waals surface area contributed by atoms with Crippen LogP contribution in [0, 0.1) is 0 Å². The van der Waals surface area contributed by atoms with Gasteiger partial charge in [-0.2, -0.15) is 0 Å². The van der Waals surface area contributed by atoms with Crippen molar-refractivity contribution in [2.24, 2.45) is 0 Å². The Labute approximate surface area is 883 Å². The molecule has 5 aromatic carbocycles. The molecule has 4 N–H and O–H groups in total. The van der Waals surface area contributed by atoms with Crippen molar-refractivity contribution in [1.82, 2.24) is 24.5 Å². The van der Waals surface area contributed by atoms with Crippen molar-refractivity contribution in [2.45, 2.75) is 191 Å². The van der Waals surface area contributed by atoms with Crippen LogP contribution in [0.3, 0.4) is 0 Å². The average Bonchev–Trinajstić information content (AvgIpc) is 1.70. The zero-order valence-corrected chi connectivity index (χ0v) is 88.6. The summed E-state index contributed by atoms with van der Waals surface area (Å²) in [6, 6.07) is 42.4. The molecule has 4 aromatic heterocycles. The second-order valence-electron chi connectivity index (χ2n) is 31.7. The van der Waals surface area contributed by atoms with E-state index >= 15 is 0 Å². The number of aliphatic hydroxyl groups is 2. The summed E-state index contributed by atoms with van der Waals surface area (Å²) < 4.78 is 14.1. The van der Waals surface area contributed by atoms with Gasteiger partial charge in [0.05, 0.1) is 46.1 Å². The quantitative estimate of drug-likeness (QED) is 0.0111. The van der Waals surface area contributed by atoms with Gasteiger partial charge in [-0.25, -0.2) is 19.2 Å². The van der Waals surface area contributed by atoms with E-state index in [1.54, 1.807) is 52.3 Å². The van der Waals surface area contributed by atoms with Crippen LogP contribution in [0.25, 0.3) is 0 Å². The van der Waals surface area contributed by atoms with Crippen LogP contribution in [-0.4, -0.2) is 203 Å². The maximum absolute atomic E-state index is 12.3. The van der Waals surface area contributed by atoms with Crippen LogP contribution < -0.4 is 35.8 Å². The van der Waals surface area contributed by atoms with Gasteiger partial charge in [-0.1, -0.05) is 142 Å². The molecule has 0 saturated carbocycles. The van der Waals surface area contributed by atoms with Crippen molar-refractivity contribution in [1.29, 1.82) is 0 Å². The Morgan fingerprint density at radius 1 is 0.382 bits per heavy atom. The third-order valence-corrected chi connectivity index (χ3v) is 29.1. The third kappa shape index (κ3) is 39.7. The Morgan fingerprint density at radius 2 is 0.647 bits per heavy atom. The van der Waals surface area contributed by atoms with E-state index in [-0.39, 0.29) is 126 Å². The van der Waals surface area contributed by atoms with Gasteiger partial charge in [-0.05, 0) is 283 Å². The van der Waals surface area contributed by atoms with E-state index in [4.69, 9.17) is 136 Å². The molecule has 5 aliphatic heterocycles. The van der Waals surface area contributed by atoms with E-state index in [2.05, 4.69) is 23.8 Å². The van der Waals surface area contributed by atoms with Crippen LogP contribution in [0.1, 0.15) is 189 Å². The SMILES string of the molecule is CCCc1ccc(C(=O)OC)s1.CO.COC(=O)c1ccc(CC=C[C@H]2CCC(=O)N2CCc2cc(Cl)cc(Cl)c2)s1.COC(=O)c1ccc(CCC[C@H]2CCC(=O)N2CCc2cc(Cl)cc(Cl)c2)s1.O=C(O)c1ccc(CCC[C@H]2CCC(=O)N2CCc2cc(Cl)cc(Cl)c2)s1.O=C1CC[C@H](CO)N1CCc1cc(Cl)cc(Cl)c1.O=C[C@H]1CCC(=O)N1CCc1cc(Cl)cc(Cl)c1.[Br-].[Li+].[OH-]. The number of aryl methyl sites for hydroxylation is 3. The Kier molecular flexibility index (Phi) is 55.2. The number of carbonyl (C=O) groups is 10. The topological polar surface area (TPSA) is 305 Å². The zero-order chi connectivity index (χ0) is 96.8. The number of carboxylic acids is 1. The number of carbonyl (C=O) groups excluding carboxylic acids is 9. The van der Waals surface area contributed by atoms with E-state index in [1.807, 2.05) is 112 Å². The van der Waals surface area contributed by atoms with Gasteiger partial charge in [0.1, 0.15) is 25.8 Å². The molecule has 0 aliphatic carbocycles. The predicted molar refractivity (Wildman–Crippen MR) is 539 cm³/mol. The number of nitrogens with zero attached hydrogens (tertiary/aromatic N) is 5. The summed E-state index contributed by atoms with van der Waals surface area (Å²) in [5.74, 6) is -0.949. The molecule has 0 bridgehead atoms. The molecule has 14 rings (SSSR count). The van der Waals surface area contributed by atoms with Crippen molar-refractivity contribution in [3.8, 4) is 0 Å². The van der Waals surface area contributed by atoms with E-state index in [1.165, 1.54) is 76.4 Å². The van der Waals surface area contributed by atoms with Crippen molar-refractivity contribution in [3.63, 3.8) is 0 Å². The van der Waals surface area contributed by atoms with Crippen LogP contribution >= 0.6 is 161 Å². The maximum atomic E-state index is 12.3. The van der Waals surface area contributed by atoms with Crippen LogP contribution in [0.15, 0.2) is 152 Å². The molecule has 5 saturated heterocycles. The number of aromatic carboxylic acids is 1. The van der Waals surface area contributed by atoms with Crippen molar-refractivity contribution in [3.05, 3.63) is 269 Å². The number of halogens is 11. The number of benzene rings is 5. The maximum Gasteiger partial charge on any atom is 1.00 e. The van der Waals surface area contributed by atoms with E-state index in [0.29, 0.717) is 160 Å². The fourth-order valence-electron chi connectivity index (χ4n) is 15.9. The Balaban J connectivity index is 0.000000291. The largest absolute Gasteiger partial charge is 1.00 e. The molecule has 5 fully saturated rings. The smallest absolute Gasteiger partial charge is 1.00 e. The fraction of sp³-hybridized carbons (Fsp3) is 0.408. The molecular weight excluding hydrogens is 2090 g/mol. The molecule has 0 radical (unpaired) electrons. The summed E-state index contributed by atoms with van der Waals surface area (Å²) in [7, 11) is 5.18. The molecular formula is C98H110BrCl10LiN5O17S4-. The molecule has 38 heteroatoms. The number of aldehydes is 1. The van der Waals surface area contributed by atoms with Crippen molar-refractivity contribution >= 4 is 221 Å². The van der Waals surface area contributed by atoms with Crippen LogP contribution in [0.5, 0.6) is 0 Å². The minimum atomic E-state index is -0.875. The van der Waals surface area contributed by atoms with Gasteiger partial charge in [-0.15, -0.1) is 45.3 Å². The van der Waals surface area contributed by atoms with Crippen LogP contribution in [0.4, 0.5) is 0 Å². The van der Waals surface area contributed by atoms with Gasteiger partial charge in [0.2, 0.25) is 29.5 Å². The Morgan fingerprint density at radius 3 is 0.956 bits per heavy atom. The van der Waals surface area contributed by atoms with Gasteiger partial charge < -0.3 is 81.3 Å². The first-order valence-corrected chi connectivity index (χ1v) is 50.6. The second kappa shape index (κ2) is 62.6. The number of likely N-dealkylation sites (tertiary alicyclic amines) is 5.